The van der Waals surface area contributed by atoms with Crippen LogP contribution in [-0.4, -0.2) is 13.4 Å². The molecule has 0 aromatic heterocycles. The van der Waals surface area contributed by atoms with Crippen LogP contribution in [0.2, 0.25) is 0 Å². The van der Waals surface area contributed by atoms with E-state index in [-0.39, 0.29) is 16.9 Å². The van der Waals surface area contributed by atoms with E-state index in [1.807, 2.05) is 0 Å². The quantitative estimate of drug-likeness (QED) is 0.503. The summed E-state index contributed by atoms with van der Waals surface area (Å²) in [6.45, 7) is 0. The number of halogens is 6. The van der Waals surface area contributed by atoms with Crippen molar-refractivity contribution in [3.63, 3.8) is 0 Å². The van der Waals surface area contributed by atoms with Gasteiger partial charge in [0.25, 0.3) is 0 Å². The molecule has 0 saturated heterocycles. The van der Waals surface area contributed by atoms with E-state index in [1.54, 1.807) is 6.07 Å². The Morgan fingerprint density at radius 1 is 0.880 bits per heavy atom. The third-order valence-electron chi connectivity index (χ3n) is 3.18. The maximum atomic E-state index is 13.4. The molecule has 2 nitrogen and oxygen atoms in total. The van der Waals surface area contributed by atoms with Crippen molar-refractivity contribution in [1.82, 2.24) is 0 Å². The van der Waals surface area contributed by atoms with Crippen LogP contribution in [0, 0.1) is 0 Å². The van der Waals surface area contributed by atoms with Crippen LogP contribution in [0.3, 0.4) is 0 Å². The summed E-state index contributed by atoms with van der Waals surface area (Å²) >= 11 is 0.481. The summed E-state index contributed by atoms with van der Waals surface area (Å²) in [5.74, 6) is 0.216. The number of ether oxygens (including phenoxy) is 1. The minimum atomic E-state index is -5.33. The molecule has 0 spiro atoms. The average Bonchev–Trinajstić information content (AvgIpc) is 2.53. The summed E-state index contributed by atoms with van der Waals surface area (Å²) in [6, 6.07) is 7.55. The molecule has 2 rings (SSSR count). The average molecular weight is 380 g/mol. The van der Waals surface area contributed by atoms with E-state index >= 15 is 0 Å². The Balaban J connectivity index is 2.72. The highest BCUT2D eigenvalue weighted by Gasteiger charge is 2.46. The molecule has 0 amide bonds. The van der Waals surface area contributed by atoms with Gasteiger partial charge >= 0.3 is 12.4 Å². The van der Waals surface area contributed by atoms with Crippen molar-refractivity contribution in [1.29, 1.82) is 0 Å². The molecule has 0 aliphatic carbocycles. The molecule has 25 heavy (non-hydrogen) atoms. The van der Waals surface area contributed by atoms with Crippen LogP contribution in [0.1, 0.15) is 21.5 Å². The summed E-state index contributed by atoms with van der Waals surface area (Å²) in [4.78, 5) is 10.4. The van der Waals surface area contributed by atoms with Crippen LogP contribution >= 0.6 is 11.8 Å². The molecule has 0 bridgehead atoms. The van der Waals surface area contributed by atoms with Crippen molar-refractivity contribution in [3.05, 3.63) is 53.1 Å². The van der Waals surface area contributed by atoms with Crippen molar-refractivity contribution < 1.29 is 35.9 Å². The largest absolute Gasteiger partial charge is 0.496 e. The van der Waals surface area contributed by atoms with E-state index in [0.29, 0.717) is 11.8 Å². The lowest BCUT2D eigenvalue weighted by atomic mass is 10.0. The van der Waals surface area contributed by atoms with Gasteiger partial charge in [-0.15, -0.1) is 0 Å². The number of rotatable bonds is 4. The minimum Gasteiger partial charge on any atom is -0.496 e. The fraction of sp³-hybridized carbons (Fsp3) is 0.188. The van der Waals surface area contributed by atoms with Crippen LogP contribution in [0.15, 0.2) is 46.2 Å². The molecule has 0 atom stereocenters. The highest BCUT2D eigenvalue weighted by Crippen LogP contribution is 2.48. The van der Waals surface area contributed by atoms with Gasteiger partial charge in [-0.2, -0.15) is 26.3 Å². The van der Waals surface area contributed by atoms with Crippen molar-refractivity contribution in [2.45, 2.75) is 22.1 Å². The molecule has 134 valence electrons. The fourth-order valence-electron chi connectivity index (χ4n) is 2.19. The summed E-state index contributed by atoms with van der Waals surface area (Å²) in [6.07, 6.45) is -10.9. The van der Waals surface area contributed by atoms with Crippen LogP contribution in [0.5, 0.6) is 5.75 Å². The summed E-state index contributed by atoms with van der Waals surface area (Å²) in [5.41, 5.74) is -4.94. The summed E-state index contributed by atoms with van der Waals surface area (Å²) < 4.78 is 84.7. The SMILES string of the molecule is COc1ccccc1Sc1ccc(C=O)c(C(F)(F)F)c1C(F)(F)F. The van der Waals surface area contributed by atoms with Crippen LogP contribution in [0.4, 0.5) is 26.3 Å². The van der Waals surface area contributed by atoms with E-state index in [0.717, 1.165) is 12.1 Å². The van der Waals surface area contributed by atoms with Gasteiger partial charge in [0, 0.05) is 10.5 Å². The smallest absolute Gasteiger partial charge is 0.418 e. The van der Waals surface area contributed by atoms with E-state index in [1.165, 1.54) is 25.3 Å². The van der Waals surface area contributed by atoms with E-state index in [4.69, 9.17) is 4.74 Å². The summed E-state index contributed by atoms with van der Waals surface area (Å²) in [5, 5.41) is 0. The number of hydrogen-bond donors (Lipinski definition) is 0. The highest BCUT2D eigenvalue weighted by atomic mass is 32.2. The van der Waals surface area contributed by atoms with E-state index in [9.17, 15) is 31.1 Å². The topological polar surface area (TPSA) is 26.3 Å². The first-order chi connectivity index (χ1) is 11.6. The lowest BCUT2D eigenvalue weighted by molar-refractivity contribution is -0.163. The van der Waals surface area contributed by atoms with Crippen molar-refractivity contribution in [2.24, 2.45) is 0 Å². The molecule has 0 aliphatic rings. The van der Waals surface area contributed by atoms with Crippen molar-refractivity contribution >= 4 is 18.0 Å². The Morgan fingerprint density at radius 2 is 1.48 bits per heavy atom. The normalized spacial score (nSPS) is 12.1. The maximum Gasteiger partial charge on any atom is 0.418 e. The van der Waals surface area contributed by atoms with Gasteiger partial charge in [0.1, 0.15) is 5.75 Å². The number of para-hydroxylation sites is 1. The molecular formula is C16H10F6O2S. The van der Waals surface area contributed by atoms with Gasteiger partial charge in [0.2, 0.25) is 0 Å². The lowest BCUT2D eigenvalue weighted by Crippen LogP contribution is -2.20. The van der Waals surface area contributed by atoms with Crippen LogP contribution < -0.4 is 4.74 Å². The molecule has 9 heteroatoms. The Bertz CT molecular complexity index is 783. The number of benzene rings is 2. The predicted molar refractivity (Wildman–Crippen MR) is 79.0 cm³/mol. The monoisotopic (exact) mass is 380 g/mol. The van der Waals surface area contributed by atoms with Gasteiger partial charge < -0.3 is 4.74 Å². The number of carbonyl (C=O) groups excluding carboxylic acids is 1. The van der Waals surface area contributed by atoms with Crippen molar-refractivity contribution in [3.8, 4) is 5.75 Å². The molecule has 0 saturated carbocycles. The Kier molecular flexibility index (Phi) is 5.36. The Hall–Kier alpha value is -2.16. The molecule has 0 heterocycles. The lowest BCUT2D eigenvalue weighted by Gasteiger charge is -2.20. The number of alkyl halides is 6. The van der Waals surface area contributed by atoms with E-state index in [2.05, 4.69) is 0 Å². The third kappa shape index (κ3) is 4.09. The van der Waals surface area contributed by atoms with Crippen LogP contribution in [0.25, 0.3) is 0 Å². The van der Waals surface area contributed by atoms with E-state index < -0.39 is 33.9 Å². The molecule has 0 radical (unpaired) electrons. The second-order valence-corrected chi connectivity index (χ2v) is 5.85. The zero-order chi connectivity index (χ0) is 18.8. The molecule has 2 aromatic carbocycles. The number of aldehydes is 1. The fourth-order valence-corrected chi connectivity index (χ4v) is 3.28. The first-order valence-corrected chi connectivity index (χ1v) is 7.48. The molecular weight excluding hydrogens is 370 g/mol. The highest BCUT2D eigenvalue weighted by molar-refractivity contribution is 7.99. The molecule has 2 aromatic rings. The zero-order valence-corrected chi connectivity index (χ0v) is 13.4. The standard InChI is InChI=1S/C16H10F6O2S/c1-24-10-4-2-3-5-11(10)25-12-7-6-9(8-23)13(15(17,18)19)14(12)16(20,21)22/h2-8H,1H3. The van der Waals surface area contributed by atoms with Gasteiger partial charge in [-0.25, -0.2) is 0 Å². The van der Waals surface area contributed by atoms with Crippen LogP contribution in [-0.2, 0) is 12.4 Å². The first kappa shape index (κ1) is 19.2. The van der Waals surface area contributed by atoms with Crippen molar-refractivity contribution in [2.75, 3.05) is 7.11 Å². The second kappa shape index (κ2) is 6.99. The first-order valence-electron chi connectivity index (χ1n) is 6.67. The molecule has 0 unspecified atom stereocenters. The number of carbonyl (C=O) groups is 1. The van der Waals surface area contributed by atoms with Gasteiger partial charge in [0.15, 0.2) is 6.29 Å². The zero-order valence-electron chi connectivity index (χ0n) is 12.5. The second-order valence-electron chi connectivity index (χ2n) is 4.77. The Labute approximate surface area is 142 Å². The van der Waals surface area contributed by atoms with Gasteiger partial charge in [-0.1, -0.05) is 23.9 Å². The number of hydrogen-bond acceptors (Lipinski definition) is 3. The third-order valence-corrected chi connectivity index (χ3v) is 4.30. The maximum absolute atomic E-state index is 13.4. The Morgan fingerprint density at radius 3 is 2.00 bits per heavy atom. The number of methoxy groups -OCH3 is 1. The molecule has 0 aliphatic heterocycles. The predicted octanol–water partition coefficient (Wildman–Crippen LogP) is 5.70. The molecule has 0 N–H and O–H groups in total. The van der Waals surface area contributed by atoms with Gasteiger partial charge in [-0.05, 0) is 24.3 Å². The van der Waals surface area contributed by atoms with Gasteiger partial charge in [0.05, 0.1) is 23.1 Å². The molecule has 0 fully saturated rings. The minimum absolute atomic E-state index is 0.211. The summed E-state index contributed by atoms with van der Waals surface area (Å²) in [7, 11) is 1.29. The van der Waals surface area contributed by atoms with Gasteiger partial charge in [-0.3, -0.25) is 4.79 Å².